The summed E-state index contributed by atoms with van der Waals surface area (Å²) >= 11 is 1.85. The van der Waals surface area contributed by atoms with Crippen molar-refractivity contribution in [2.75, 3.05) is 12.4 Å². The lowest BCUT2D eigenvalue weighted by Crippen LogP contribution is -2.42. The van der Waals surface area contributed by atoms with Crippen LogP contribution in [-0.4, -0.2) is 35.7 Å². The highest BCUT2D eigenvalue weighted by Gasteiger charge is 2.29. The molecule has 1 fully saturated rings. The monoisotopic (exact) mass is 270 g/mol. The average molecular weight is 270 g/mol. The van der Waals surface area contributed by atoms with E-state index >= 15 is 0 Å². The van der Waals surface area contributed by atoms with E-state index in [-0.39, 0.29) is 5.41 Å². The molecule has 4 heteroatoms. The smallest absolute Gasteiger partial charge is 0.157 e. The minimum Gasteiger partial charge on any atom is -0.376 e. The van der Waals surface area contributed by atoms with Gasteiger partial charge >= 0.3 is 0 Å². The third kappa shape index (κ3) is 3.64. The zero-order chi connectivity index (χ0) is 13.2. The maximum absolute atomic E-state index is 5.72. The molecule has 0 saturated carbocycles. The van der Waals surface area contributed by atoms with E-state index in [4.69, 9.17) is 9.73 Å². The summed E-state index contributed by atoms with van der Waals surface area (Å²) in [5, 5.41) is 4.67. The van der Waals surface area contributed by atoms with Gasteiger partial charge in [0.2, 0.25) is 0 Å². The Labute approximate surface area is 115 Å². The van der Waals surface area contributed by atoms with E-state index < -0.39 is 0 Å². The van der Waals surface area contributed by atoms with Crippen LogP contribution in [0.5, 0.6) is 0 Å². The lowest BCUT2D eigenvalue weighted by molar-refractivity contribution is 0.0895. The van der Waals surface area contributed by atoms with Gasteiger partial charge in [-0.2, -0.15) is 0 Å². The number of thioether (sulfide) groups is 1. The van der Waals surface area contributed by atoms with E-state index in [1.807, 2.05) is 11.8 Å². The molecule has 0 aromatic heterocycles. The van der Waals surface area contributed by atoms with Gasteiger partial charge in [0, 0.05) is 12.4 Å². The van der Waals surface area contributed by atoms with Crippen molar-refractivity contribution in [3.05, 3.63) is 0 Å². The second-order valence-corrected chi connectivity index (χ2v) is 7.52. The van der Waals surface area contributed by atoms with Crippen LogP contribution in [0.2, 0.25) is 0 Å². The van der Waals surface area contributed by atoms with Gasteiger partial charge in [0.05, 0.1) is 18.2 Å². The molecule has 104 valence electrons. The Kier molecular flexibility index (Phi) is 4.59. The summed E-state index contributed by atoms with van der Waals surface area (Å²) in [6, 6.07) is 0.815. The molecule has 0 aliphatic carbocycles. The van der Waals surface area contributed by atoms with E-state index in [1.165, 1.54) is 25.0 Å². The first-order valence-electron chi connectivity index (χ1n) is 7.05. The number of hydrogen-bond acceptors (Lipinski definition) is 4. The molecule has 1 saturated heterocycles. The Hall–Kier alpha value is -0.220. The fourth-order valence-corrected chi connectivity index (χ4v) is 3.51. The number of aliphatic imine (C=N–C) groups is 1. The van der Waals surface area contributed by atoms with Gasteiger partial charge in [-0.25, -0.2) is 0 Å². The Bertz CT molecular complexity index is 305. The molecule has 3 nitrogen and oxygen atoms in total. The summed E-state index contributed by atoms with van der Waals surface area (Å²) in [6.07, 6.45) is 3.92. The van der Waals surface area contributed by atoms with Gasteiger partial charge in [0.1, 0.15) is 0 Å². The molecule has 18 heavy (non-hydrogen) atoms. The first-order chi connectivity index (χ1) is 8.47. The van der Waals surface area contributed by atoms with Crippen LogP contribution in [0.4, 0.5) is 0 Å². The molecule has 2 aliphatic heterocycles. The van der Waals surface area contributed by atoms with Crippen molar-refractivity contribution >= 4 is 16.9 Å². The van der Waals surface area contributed by atoms with E-state index in [2.05, 4.69) is 33.0 Å². The van der Waals surface area contributed by atoms with Crippen LogP contribution in [0.3, 0.4) is 0 Å². The van der Waals surface area contributed by atoms with E-state index in [0.717, 1.165) is 11.8 Å². The Morgan fingerprint density at radius 1 is 1.39 bits per heavy atom. The Morgan fingerprint density at radius 2 is 2.17 bits per heavy atom. The van der Waals surface area contributed by atoms with Crippen LogP contribution in [0.1, 0.15) is 47.0 Å². The highest BCUT2D eigenvalue weighted by atomic mass is 32.2. The summed E-state index contributed by atoms with van der Waals surface area (Å²) in [5.41, 5.74) is 0.265. The number of nitrogens with one attached hydrogen (secondary N) is 1. The number of rotatable bonds is 2. The van der Waals surface area contributed by atoms with Crippen LogP contribution in [0.25, 0.3) is 0 Å². The zero-order valence-corrected chi connectivity index (χ0v) is 12.8. The number of hydrogen-bond donors (Lipinski definition) is 1. The van der Waals surface area contributed by atoms with Crippen molar-refractivity contribution in [2.45, 2.75) is 65.1 Å². The molecule has 2 aliphatic rings. The minimum atomic E-state index is 0.265. The quantitative estimate of drug-likeness (QED) is 0.837. The molecule has 0 amide bonds. The lowest BCUT2D eigenvalue weighted by Gasteiger charge is -2.32. The van der Waals surface area contributed by atoms with Crippen LogP contribution in [-0.2, 0) is 4.74 Å². The molecule has 2 rings (SSSR count). The molecule has 0 radical (unpaired) electrons. The van der Waals surface area contributed by atoms with Gasteiger partial charge < -0.3 is 10.1 Å². The maximum atomic E-state index is 5.72. The second kappa shape index (κ2) is 5.83. The molecular weight excluding hydrogens is 244 g/mol. The van der Waals surface area contributed by atoms with Gasteiger partial charge in [-0.1, -0.05) is 32.5 Å². The third-order valence-corrected chi connectivity index (χ3v) is 4.71. The molecule has 2 heterocycles. The molecule has 3 unspecified atom stereocenters. The van der Waals surface area contributed by atoms with Gasteiger partial charge in [0.25, 0.3) is 0 Å². The summed E-state index contributed by atoms with van der Waals surface area (Å²) in [6.45, 7) is 9.95. The first-order valence-corrected chi connectivity index (χ1v) is 8.04. The number of amidine groups is 1. The standard InChI is InChI=1S/C14H26N2OS/c1-10(11-6-5-8-17-11)15-13-16-12(7-9-18-13)14(2,3)4/h10-12H,5-9H2,1-4H3,(H,15,16). The summed E-state index contributed by atoms with van der Waals surface area (Å²) in [7, 11) is 0. The normalized spacial score (nSPS) is 31.0. The zero-order valence-electron chi connectivity index (χ0n) is 12.0. The van der Waals surface area contributed by atoms with E-state index in [1.54, 1.807) is 0 Å². The van der Waals surface area contributed by atoms with E-state index in [0.29, 0.717) is 18.2 Å². The topological polar surface area (TPSA) is 33.6 Å². The molecule has 0 bridgehead atoms. The highest BCUT2D eigenvalue weighted by molar-refractivity contribution is 8.13. The van der Waals surface area contributed by atoms with E-state index in [9.17, 15) is 0 Å². The van der Waals surface area contributed by atoms with Gasteiger partial charge in [-0.05, 0) is 31.6 Å². The summed E-state index contributed by atoms with van der Waals surface area (Å²) in [5.74, 6) is 1.17. The van der Waals surface area contributed by atoms with Gasteiger partial charge in [-0.15, -0.1) is 0 Å². The predicted molar refractivity (Wildman–Crippen MR) is 79.3 cm³/mol. The Morgan fingerprint density at radius 3 is 2.78 bits per heavy atom. The van der Waals surface area contributed by atoms with Crippen LogP contribution >= 0.6 is 11.8 Å². The fourth-order valence-electron chi connectivity index (χ4n) is 2.50. The highest BCUT2D eigenvalue weighted by Crippen LogP contribution is 2.30. The lowest BCUT2D eigenvalue weighted by atomic mass is 9.85. The third-order valence-electron chi connectivity index (χ3n) is 3.78. The Balaban J connectivity index is 1.93. The maximum Gasteiger partial charge on any atom is 0.157 e. The van der Waals surface area contributed by atoms with Gasteiger partial charge in [-0.3, -0.25) is 4.99 Å². The number of nitrogens with zero attached hydrogens (tertiary/aromatic N) is 1. The SMILES string of the molecule is CC(NC1=NC(C(C)(C)C)CCS1)C1CCCO1. The fraction of sp³-hybridized carbons (Fsp3) is 0.929. The average Bonchev–Trinajstić information content (AvgIpc) is 2.81. The van der Waals surface area contributed by atoms with Crippen molar-refractivity contribution in [3.63, 3.8) is 0 Å². The molecular formula is C14H26N2OS. The molecule has 3 atom stereocenters. The first kappa shape index (κ1) is 14.2. The summed E-state index contributed by atoms with van der Waals surface area (Å²) in [4.78, 5) is 4.88. The van der Waals surface area contributed by atoms with Crippen molar-refractivity contribution in [2.24, 2.45) is 10.4 Å². The molecule has 0 spiro atoms. The number of ether oxygens (including phenoxy) is 1. The molecule has 1 N–H and O–H groups in total. The van der Waals surface area contributed by atoms with Gasteiger partial charge in [0.15, 0.2) is 5.17 Å². The van der Waals surface area contributed by atoms with Crippen molar-refractivity contribution < 1.29 is 4.74 Å². The van der Waals surface area contributed by atoms with Crippen LogP contribution < -0.4 is 5.32 Å². The van der Waals surface area contributed by atoms with Crippen molar-refractivity contribution in [1.82, 2.24) is 5.32 Å². The minimum absolute atomic E-state index is 0.265. The second-order valence-electron chi connectivity index (χ2n) is 6.44. The van der Waals surface area contributed by atoms with Crippen molar-refractivity contribution in [3.8, 4) is 0 Å². The summed E-state index contributed by atoms with van der Waals surface area (Å²) < 4.78 is 5.72. The predicted octanol–water partition coefficient (Wildman–Crippen LogP) is 3.05. The van der Waals surface area contributed by atoms with Crippen LogP contribution in [0.15, 0.2) is 4.99 Å². The molecule has 0 aromatic rings. The molecule has 0 aromatic carbocycles. The largest absolute Gasteiger partial charge is 0.376 e. The van der Waals surface area contributed by atoms with Crippen molar-refractivity contribution in [1.29, 1.82) is 0 Å². The van der Waals surface area contributed by atoms with Crippen LogP contribution in [0, 0.1) is 5.41 Å².